The van der Waals surface area contributed by atoms with Crippen LogP contribution in [-0.4, -0.2) is 19.3 Å². The highest BCUT2D eigenvalue weighted by Crippen LogP contribution is 2.33. The Morgan fingerprint density at radius 2 is 2.19 bits per heavy atom. The minimum atomic E-state index is 0.236. The van der Waals surface area contributed by atoms with E-state index in [-0.39, 0.29) is 6.04 Å². The number of nitrogens with two attached hydrogens (primary N) is 1. The minimum Gasteiger partial charge on any atom is -0.369 e. The molecule has 2 N–H and O–H groups in total. The summed E-state index contributed by atoms with van der Waals surface area (Å²) in [4.78, 5) is 5.90. The molecule has 0 aliphatic rings. The molecule has 5 nitrogen and oxygen atoms in total. The molecule has 0 saturated heterocycles. The van der Waals surface area contributed by atoms with E-state index in [0.717, 1.165) is 36.1 Å². The fourth-order valence-corrected chi connectivity index (χ4v) is 3.77. The number of anilines is 1. The van der Waals surface area contributed by atoms with Gasteiger partial charge in [0.25, 0.3) is 0 Å². The van der Waals surface area contributed by atoms with Crippen molar-refractivity contribution in [1.82, 2.24) is 19.3 Å². The van der Waals surface area contributed by atoms with Crippen LogP contribution < -0.4 is 5.73 Å². The number of hydrogen-bond acceptors (Lipinski definition) is 4. The van der Waals surface area contributed by atoms with Crippen LogP contribution in [0.5, 0.6) is 0 Å². The fourth-order valence-electron chi connectivity index (χ4n) is 2.92. The summed E-state index contributed by atoms with van der Waals surface area (Å²) in [6, 6.07) is 4.50. The molecule has 0 saturated carbocycles. The summed E-state index contributed by atoms with van der Waals surface area (Å²) in [5.74, 6) is 0.583. The molecule has 0 aliphatic carbocycles. The topological polar surface area (TPSA) is 61.7 Å². The Labute approximate surface area is 128 Å². The molecular weight excluding hydrogens is 282 g/mol. The first-order valence-corrected chi connectivity index (χ1v) is 8.28. The molecule has 3 heterocycles. The third-order valence-electron chi connectivity index (χ3n) is 3.84. The van der Waals surface area contributed by atoms with E-state index in [1.54, 1.807) is 11.3 Å². The molecule has 0 amide bonds. The maximum absolute atomic E-state index is 6.24. The van der Waals surface area contributed by atoms with E-state index in [4.69, 9.17) is 5.73 Å². The third kappa shape index (κ3) is 2.23. The van der Waals surface area contributed by atoms with Crippen LogP contribution in [0.25, 0.3) is 11.2 Å². The van der Waals surface area contributed by atoms with Gasteiger partial charge in [0.15, 0.2) is 5.65 Å². The van der Waals surface area contributed by atoms with Gasteiger partial charge >= 0.3 is 0 Å². The molecule has 0 fully saturated rings. The van der Waals surface area contributed by atoms with Gasteiger partial charge in [-0.1, -0.05) is 26.3 Å². The molecule has 21 heavy (non-hydrogen) atoms. The highest BCUT2D eigenvalue weighted by molar-refractivity contribution is 7.10. The van der Waals surface area contributed by atoms with Crippen LogP contribution in [0.4, 0.5) is 5.95 Å². The Bertz CT molecular complexity index is 738. The Balaban J connectivity index is 2.22. The maximum Gasteiger partial charge on any atom is 0.203 e. The molecule has 0 bridgehead atoms. The van der Waals surface area contributed by atoms with Gasteiger partial charge in [-0.3, -0.25) is 9.25 Å². The van der Waals surface area contributed by atoms with Gasteiger partial charge in [-0.25, -0.2) is 4.98 Å². The molecule has 1 atom stereocenters. The summed E-state index contributed by atoms with van der Waals surface area (Å²) in [7, 11) is 1.97. The number of nitrogens with zero attached hydrogens (tertiary/aromatic N) is 4. The van der Waals surface area contributed by atoms with Crippen molar-refractivity contribution < 1.29 is 0 Å². The van der Waals surface area contributed by atoms with Crippen molar-refractivity contribution >= 4 is 28.4 Å². The SMILES string of the molecule is CCCC(c1cccs1)n1c(N)nc2c(CC)nn(C)c21. The second kappa shape index (κ2) is 5.52. The van der Waals surface area contributed by atoms with Crippen molar-refractivity contribution in [3.8, 4) is 0 Å². The lowest BCUT2D eigenvalue weighted by molar-refractivity contribution is 0.547. The van der Waals surface area contributed by atoms with Gasteiger partial charge in [0.05, 0.1) is 11.7 Å². The normalized spacial score (nSPS) is 13.1. The zero-order valence-electron chi connectivity index (χ0n) is 12.7. The lowest BCUT2D eigenvalue weighted by Gasteiger charge is -2.18. The number of aryl methyl sites for hydroxylation is 2. The van der Waals surface area contributed by atoms with Crippen LogP contribution in [-0.2, 0) is 13.5 Å². The van der Waals surface area contributed by atoms with Crippen LogP contribution in [0.3, 0.4) is 0 Å². The predicted molar refractivity (Wildman–Crippen MR) is 87.7 cm³/mol. The predicted octanol–water partition coefficient (Wildman–Crippen LogP) is 3.37. The molecule has 112 valence electrons. The van der Waals surface area contributed by atoms with Crippen LogP contribution in [0, 0.1) is 0 Å². The average Bonchev–Trinajstić information content (AvgIpc) is 3.15. The molecule has 3 aromatic rings. The second-order valence-electron chi connectivity index (χ2n) is 5.26. The molecule has 0 aromatic carbocycles. The minimum absolute atomic E-state index is 0.236. The molecule has 0 aliphatic heterocycles. The quantitative estimate of drug-likeness (QED) is 0.786. The van der Waals surface area contributed by atoms with Gasteiger partial charge < -0.3 is 5.73 Å². The summed E-state index contributed by atoms with van der Waals surface area (Å²) >= 11 is 1.77. The first-order valence-electron chi connectivity index (χ1n) is 7.40. The Kier molecular flexibility index (Phi) is 3.71. The molecule has 0 spiro atoms. The monoisotopic (exact) mass is 303 g/mol. The van der Waals surface area contributed by atoms with Crippen LogP contribution in [0.1, 0.15) is 43.3 Å². The summed E-state index contributed by atoms with van der Waals surface area (Å²) in [6.07, 6.45) is 3.01. The number of fused-ring (bicyclic) bond motifs is 1. The Hall–Kier alpha value is -1.82. The Morgan fingerprint density at radius 3 is 2.81 bits per heavy atom. The number of nitrogen functional groups attached to an aromatic ring is 1. The molecule has 0 radical (unpaired) electrons. The molecular formula is C15H21N5S. The van der Waals surface area contributed by atoms with Gasteiger partial charge in [0, 0.05) is 11.9 Å². The maximum atomic E-state index is 6.24. The number of thiophene rings is 1. The van der Waals surface area contributed by atoms with Crippen molar-refractivity contribution in [1.29, 1.82) is 0 Å². The van der Waals surface area contributed by atoms with Crippen molar-refractivity contribution in [2.45, 2.75) is 39.2 Å². The van der Waals surface area contributed by atoms with Gasteiger partial charge in [0.1, 0.15) is 5.52 Å². The van der Waals surface area contributed by atoms with Gasteiger partial charge in [-0.15, -0.1) is 11.3 Å². The largest absolute Gasteiger partial charge is 0.369 e. The lowest BCUT2D eigenvalue weighted by atomic mass is 10.1. The van der Waals surface area contributed by atoms with Crippen molar-refractivity contribution in [3.05, 3.63) is 28.1 Å². The van der Waals surface area contributed by atoms with Gasteiger partial charge in [-0.05, 0) is 24.3 Å². The number of imidazole rings is 1. The van der Waals surface area contributed by atoms with E-state index in [1.807, 2.05) is 11.7 Å². The first kappa shape index (κ1) is 14.1. The van der Waals surface area contributed by atoms with Crippen molar-refractivity contribution in [2.75, 3.05) is 5.73 Å². The molecule has 3 aromatic heterocycles. The summed E-state index contributed by atoms with van der Waals surface area (Å²) < 4.78 is 4.06. The van der Waals surface area contributed by atoms with Crippen LogP contribution in [0.15, 0.2) is 17.5 Å². The average molecular weight is 303 g/mol. The zero-order valence-corrected chi connectivity index (χ0v) is 13.5. The van der Waals surface area contributed by atoms with Gasteiger partial charge in [-0.2, -0.15) is 5.10 Å². The summed E-state index contributed by atoms with van der Waals surface area (Å²) in [5, 5.41) is 6.69. The van der Waals surface area contributed by atoms with E-state index in [9.17, 15) is 0 Å². The molecule has 1 unspecified atom stereocenters. The highest BCUT2D eigenvalue weighted by atomic mass is 32.1. The van der Waals surface area contributed by atoms with E-state index in [2.05, 4.69) is 46.0 Å². The van der Waals surface area contributed by atoms with E-state index < -0.39 is 0 Å². The first-order chi connectivity index (χ1) is 10.2. The summed E-state index contributed by atoms with van der Waals surface area (Å²) in [5.41, 5.74) is 9.22. The van der Waals surface area contributed by atoms with Crippen molar-refractivity contribution in [2.24, 2.45) is 7.05 Å². The van der Waals surface area contributed by atoms with Crippen LogP contribution >= 0.6 is 11.3 Å². The molecule has 6 heteroatoms. The molecule has 3 rings (SSSR count). The second-order valence-corrected chi connectivity index (χ2v) is 6.24. The van der Waals surface area contributed by atoms with E-state index >= 15 is 0 Å². The van der Waals surface area contributed by atoms with Crippen LogP contribution in [0.2, 0.25) is 0 Å². The standard InChI is InChI=1S/C15H21N5S/c1-4-7-11(12-8-6-9-21-12)20-14-13(17-15(20)16)10(5-2)18-19(14)3/h6,8-9,11H,4-5,7H2,1-3H3,(H2,16,17). The summed E-state index contributed by atoms with van der Waals surface area (Å²) in [6.45, 7) is 4.30. The number of hydrogen-bond donors (Lipinski definition) is 1. The Morgan fingerprint density at radius 1 is 1.38 bits per heavy atom. The number of rotatable bonds is 5. The zero-order chi connectivity index (χ0) is 15.0. The highest BCUT2D eigenvalue weighted by Gasteiger charge is 2.24. The smallest absolute Gasteiger partial charge is 0.203 e. The van der Waals surface area contributed by atoms with Crippen molar-refractivity contribution in [3.63, 3.8) is 0 Å². The fraction of sp³-hybridized carbons (Fsp3) is 0.467. The van der Waals surface area contributed by atoms with Gasteiger partial charge in [0.2, 0.25) is 5.95 Å². The van der Waals surface area contributed by atoms with E-state index in [1.165, 1.54) is 4.88 Å². The number of aromatic nitrogens is 4. The third-order valence-corrected chi connectivity index (χ3v) is 4.82. The lowest BCUT2D eigenvalue weighted by Crippen LogP contribution is -2.14. The van der Waals surface area contributed by atoms with E-state index in [0.29, 0.717) is 5.95 Å².